The lowest BCUT2D eigenvalue weighted by Gasteiger charge is -2.07. The lowest BCUT2D eigenvalue weighted by atomic mass is 10.2. The van der Waals surface area contributed by atoms with Gasteiger partial charge in [0, 0.05) is 15.3 Å². The van der Waals surface area contributed by atoms with E-state index in [-0.39, 0.29) is 21.3 Å². The highest BCUT2D eigenvalue weighted by Crippen LogP contribution is 2.23. The third-order valence-electron chi connectivity index (χ3n) is 3.15. The maximum Gasteiger partial charge on any atom is 0.338 e. The van der Waals surface area contributed by atoms with E-state index in [1.54, 1.807) is 6.07 Å². The zero-order valence-corrected chi connectivity index (χ0v) is 15.2. The van der Waals surface area contributed by atoms with Gasteiger partial charge in [-0.05, 0) is 38.1 Å². The van der Waals surface area contributed by atoms with Crippen LogP contribution in [-0.2, 0) is 14.8 Å². The Balaban J connectivity index is 2.13. The van der Waals surface area contributed by atoms with Crippen molar-refractivity contribution in [3.63, 3.8) is 0 Å². The molecule has 128 valence electrons. The SMILES string of the molecule is Cc1cc(C(=O)COC(=O)c2ccc(Cl)c(S(N)(=O)=O)c2)c(C)s1. The molecular weight excluding hydrogens is 374 g/mol. The number of nitrogens with two attached hydrogens (primary N) is 1. The molecule has 9 heteroatoms. The quantitative estimate of drug-likeness (QED) is 0.627. The average molecular weight is 388 g/mol. The summed E-state index contributed by atoms with van der Waals surface area (Å²) in [5.74, 6) is -1.17. The van der Waals surface area contributed by atoms with E-state index in [0.717, 1.165) is 15.8 Å². The molecule has 0 saturated carbocycles. The number of primary sulfonamides is 1. The van der Waals surface area contributed by atoms with Crippen LogP contribution in [0.5, 0.6) is 0 Å². The van der Waals surface area contributed by atoms with Crippen molar-refractivity contribution in [2.24, 2.45) is 5.14 Å². The van der Waals surface area contributed by atoms with Crippen molar-refractivity contribution in [3.8, 4) is 0 Å². The van der Waals surface area contributed by atoms with Gasteiger partial charge in [-0.1, -0.05) is 11.6 Å². The summed E-state index contributed by atoms with van der Waals surface area (Å²) in [5.41, 5.74) is 0.445. The number of rotatable bonds is 5. The van der Waals surface area contributed by atoms with Gasteiger partial charge in [-0.3, -0.25) is 4.79 Å². The second-order valence-electron chi connectivity index (χ2n) is 5.02. The van der Waals surface area contributed by atoms with Crippen molar-refractivity contribution in [1.82, 2.24) is 0 Å². The van der Waals surface area contributed by atoms with Gasteiger partial charge in [0.1, 0.15) is 4.90 Å². The average Bonchev–Trinajstić information content (AvgIpc) is 2.82. The Morgan fingerprint density at radius 2 is 1.92 bits per heavy atom. The van der Waals surface area contributed by atoms with E-state index in [2.05, 4.69) is 0 Å². The lowest BCUT2D eigenvalue weighted by Crippen LogP contribution is -2.16. The van der Waals surface area contributed by atoms with Crippen LogP contribution in [0.15, 0.2) is 29.2 Å². The first-order valence-electron chi connectivity index (χ1n) is 6.69. The minimum Gasteiger partial charge on any atom is -0.454 e. The fourth-order valence-electron chi connectivity index (χ4n) is 2.05. The van der Waals surface area contributed by atoms with Gasteiger partial charge < -0.3 is 4.74 Å². The van der Waals surface area contributed by atoms with Crippen LogP contribution in [-0.4, -0.2) is 26.8 Å². The highest BCUT2D eigenvalue weighted by molar-refractivity contribution is 7.89. The summed E-state index contributed by atoms with van der Waals surface area (Å²) >= 11 is 7.23. The first-order valence-corrected chi connectivity index (χ1v) is 9.43. The number of carbonyl (C=O) groups excluding carboxylic acids is 2. The Morgan fingerprint density at radius 3 is 2.46 bits per heavy atom. The minimum atomic E-state index is -4.07. The summed E-state index contributed by atoms with van der Waals surface area (Å²) in [6.07, 6.45) is 0. The minimum absolute atomic E-state index is 0.0607. The first-order chi connectivity index (χ1) is 11.1. The Morgan fingerprint density at radius 1 is 1.25 bits per heavy atom. The number of ether oxygens (including phenoxy) is 1. The molecule has 24 heavy (non-hydrogen) atoms. The van der Waals surface area contributed by atoms with E-state index in [1.165, 1.54) is 23.5 Å². The maximum atomic E-state index is 12.1. The molecule has 1 heterocycles. The van der Waals surface area contributed by atoms with E-state index in [1.807, 2.05) is 13.8 Å². The molecule has 0 bridgehead atoms. The molecule has 2 rings (SSSR count). The van der Waals surface area contributed by atoms with Gasteiger partial charge >= 0.3 is 5.97 Å². The van der Waals surface area contributed by atoms with Gasteiger partial charge in [-0.15, -0.1) is 11.3 Å². The number of Topliss-reactive ketones (excluding diaryl/α,β-unsaturated/α-hetero) is 1. The van der Waals surface area contributed by atoms with Gasteiger partial charge in [-0.25, -0.2) is 18.4 Å². The first kappa shape index (κ1) is 18.6. The molecule has 0 spiro atoms. The van der Waals surface area contributed by atoms with Crippen LogP contribution in [0.1, 0.15) is 30.5 Å². The molecule has 0 amide bonds. The Labute approximate surface area is 148 Å². The Kier molecular flexibility index (Phi) is 5.44. The molecule has 1 aromatic carbocycles. The van der Waals surface area contributed by atoms with Crippen LogP contribution in [0.4, 0.5) is 0 Å². The van der Waals surface area contributed by atoms with Crippen molar-refractivity contribution in [1.29, 1.82) is 0 Å². The summed E-state index contributed by atoms with van der Waals surface area (Å²) in [6.45, 7) is 3.25. The molecule has 1 aromatic heterocycles. The fourth-order valence-corrected chi connectivity index (χ4v) is 4.06. The summed E-state index contributed by atoms with van der Waals surface area (Å²) in [4.78, 5) is 25.5. The van der Waals surface area contributed by atoms with E-state index >= 15 is 0 Å². The van der Waals surface area contributed by atoms with Crippen LogP contribution >= 0.6 is 22.9 Å². The van der Waals surface area contributed by atoms with Crippen LogP contribution in [0.2, 0.25) is 5.02 Å². The summed E-state index contributed by atoms with van der Waals surface area (Å²) in [7, 11) is -4.07. The van der Waals surface area contributed by atoms with Gasteiger partial charge in [0.05, 0.1) is 10.6 Å². The maximum absolute atomic E-state index is 12.1. The summed E-state index contributed by atoms with van der Waals surface area (Å²) in [5, 5.41) is 4.92. The standard InChI is InChI=1S/C15H14ClNO5S2/c1-8-5-11(9(2)23-8)13(18)7-22-15(19)10-3-4-12(16)14(6-10)24(17,20)21/h3-6H,7H2,1-2H3,(H2,17,20,21). The van der Waals surface area contributed by atoms with Gasteiger partial charge in [0.25, 0.3) is 0 Å². The van der Waals surface area contributed by atoms with Crippen molar-refractivity contribution < 1.29 is 22.7 Å². The van der Waals surface area contributed by atoms with Gasteiger partial charge in [-0.2, -0.15) is 0 Å². The van der Waals surface area contributed by atoms with Crippen molar-refractivity contribution >= 4 is 44.7 Å². The zero-order valence-electron chi connectivity index (χ0n) is 12.8. The Hall–Kier alpha value is -1.74. The van der Waals surface area contributed by atoms with E-state index in [4.69, 9.17) is 21.5 Å². The molecule has 0 aliphatic carbocycles. The smallest absolute Gasteiger partial charge is 0.338 e. The number of hydrogen-bond acceptors (Lipinski definition) is 6. The second-order valence-corrected chi connectivity index (χ2v) is 8.41. The number of sulfonamides is 1. The molecule has 0 atom stereocenters. The number of esters is 1. The van der Waals surface area contributed by atoms with Crippen molar-refractivity contribution in [2.75, 3.05) is 6.61 Å². The molecule has 6 nitrogen and oxygen atoms in total. The Bertz CT molecular complexity index is 918. The monoisotopic (exact) mass is 387 g/mol. The largest absolute Gasteiger partial charge is 0.454 e. The topological polar surface area (TPSA) is 104 Å². The van der Waals surface area contributed by atoms with Crippen molar-refractivity contribution in [3.05, 3.63) is 50.2 Å². The third kappa shape index (κ3) is 4.21. The predicted octanol–water partition coefficient (Wildman–Crippen LogP) is 2.71. The number of halogens is 1. The molecule has 2 aromatic rings. The molecular formula is C15H14ClNO5S2. The predicted molar refractivity (Wildman–Crippen MR) is 91.2 cm³/mol. The van der Waals surface area contributed by atoms with Crippen molar-refractivity contribution in [2.45, 2.75) is 18.7 Å². The molecule has 0 unspecified atom stereocenters. The second kappa shape index (κ2) is 7.02. The highest BCUT2D eigenvalue weighted by atomic mass is 35.5. The van der Waals surface area contributed by atoms with Crippen LogP contribution in [0.25, 0.3) is 0 Å². The number of carbonyl (C=O) groups is 2. The number of ketones is 1. The van der Waals surface area contributed by atoms with E-state index in [9.17, 15) is 18.0 Å². The van der Waals surface area contributed by atoms with Crippen LogP contribution in [0.3, 0.4) is 0 Å². The summed E-state index contributed by atoms with van der Waals surface area (Å²) in [6, 6.07) is 5.28. The number of benzene rings is 1. The molecule has 0 saturated heterocycles. The number of hydrogen-bond donors (Lipinski definition) is 1. The molecule has 2 N–H and O–H groups in total. The summed E-state index contributed by atoms with van der Waals surface area (Å²) < 4.78 is 27.8. The molecule has 0 aliphatic rings. The zero-order chi connectivity index (χ0) is 18.1. The van der Waals surface area contributed by atoms with Crippen LogP contribution in [0, 0.1) is 13.8 Å². The third-order valence-corrected chi connectivity index (χ3v) is 5.51. The number of thiophene rings is 1. The highest BCUT2D eigenvalue weighted by Gasteiger charge is 2.19. The molecule has 0 aliphatic heterocycles. The lowest BCUT2D eigenvalue weighted by molar-refractivity contribution is 0.0474. The van der Waals surface area contributed by atoms with E-state index < -0.39 is 22.6 Å². The van der Waals surface area contributed by atoms with Crippen LogP contribution < -0.4 is 5.14 Å². The normalized spacial score (nSPS) is 11.3. The molecule has 0 fully saturated rings. The molecule has 0 radical (unpaired) electrons. The van der Waals surface area contributed by atoms with Gasteiger partial charge in [0.2, 0.25) is 15.8 Å². The van der Waals surface area contributed by atoms with Gasteiger partial charge in [0.15, 0.2) is 6.61 Å². The number of aryl methyl sites for hydroxylation is 2. The fraction of sp³-hybridized carbons (Fsp3) is 0.200. The van der Waals surface area contributed by atoms with E-state index in [0.29, 0.717) is 5.56 Å².